The Bertz CT molecular complexity index is 1900. The molecule has 2 amide bonds. The van der Waals surface area contributed by atoms with Gasteiger partial charge in [-0.3, -0.25) is 19.7 Å². The highest BCUT2D eigenvalue weighted by molar-refractivity contribution is 7.21. The minimum atomic E-state index is -4.78. The second-order valence-corrected chi connectivity index (χ2v) is 10.6. The van der Waals surface area contributed by atoms with E-state index in [1.165, 1.54) is 24.3 Å². The van der Waals surface area contributed by atoms with Crippen molar-refractivity contribution < 1.29 is 36.8 Å². The lowest BCUT2D eigenvalue weighted by Gasteiger charge is -2.12. The number of alkyl halides is 3. The van der Waals surface area contributed by atoms with Crippen LogP contribution in [0.15, 0.2) is 65.1 Å². The predicted octanol–water partition coefficient (Wildman–Crippen LogP) is 7.38. The van der Waals surface area contributed by atoms with E-state index in [1.807, 2.05) is 6.92 Å². The molecular weight excluding hydrogens is 613 g/mol. The van der Waals surface area contributed by atoms with E-state index >= 15 is 0 Å². The fourth-order valence-electron chi connectivity index (χ4n) is 4.12. The second-order valence-electron chi connectivity index (χ2n) is 9.15. The molecule has 5 aromatic rings. The van der Waals surface area contributed by atoms with Gasteiger partial charge in [0.25, 0.3) is 17.5 Å². The first-order chi connectivity index (χ1) is 20.3. The molecule has 0 saturated carbocycles. The number of nitro groups is 1. The number of furan rings is 1. The number of hydrogen-bond acceptors (Lipinski definition) is 8. The first-order valence-electron chi connectivity index (χ1n) is 12.2. The number of halogens is 4. The number of anilines is 1. The maximum absolute atomic E-state index is 13.7. The number of thiophene rings is 1. The highest BCUT2D eigenvalue weighted by Gasteiger charge is 2.35. The molecule has 0 radical (unpaired) electrons. The van der Waals surface area contributed by atoms with E-state index in [0.717, 1.165) is 17.7 Å². The summed E-state index contributed by atoms with van der Waals surface area (Å²) in [5.41, 5.74) is 5.40. The van der Waals surface area contributed by atoms with E-state index in [-0.39, 0.29) is 60.9 Å². The number of carbonyl (C=O) groups is 2. The number of ether oxygens (including phenoxy) is 1. The fourth-order valence-corrected chi connectivity index (χ4v) is 5.36. The third-order valence-corrected chi connectivity index (χ3v) is 7.55. The Kier molecular flexibility index (Phi) is 7.82. The normalized spacial score (nSPS) is 11.5. The van der Waals surface area contributed by atoms with Crippen molar-refractivity contribution in [2.75, 3.05) is 5.32 Å². The number of amides is 2. The Morgan fingerprint density at radius 3 is 2.49 bits per heavy atom. The standard InChI is InChI=1S/C28H18ClF3N4O6S/c1-13-2-4-14(5-3-13)17-11-21(28(30,31)32)34-27-22(17)23(24(43-27)25(33)37)35-26(38)20-9-7-16(42-20)12-41-19-8-6-15(36(39)40)10-18(19)29/h2-11H,12H2,1H3,(H2,33,37)(H,35,38). The number of benzene rings is 2. The summed E-state index contributed by atoms with van der Waals surface area (Å²) in [4.78, 5) is 39.2. The van der Waals surface area contributed by atoms with Gasteiger partial charge in [-0.2, -0.15) is 13.2 Å². The zero-order chi connectivity index (χ0) is 31.1. The van der Waals surface area contributed by atoms with Gasteiger partial charge in [0.2, 0.25) is 0 Å². The molecule has 0 fully saturated rings. The number of nitrogens with two attached hydrogens (primary N) is 1. The number of nitrogens with zero attached hydrogens (tertiary/aromatic N) is 2. The number of non-ortho nitro benzene ring substituents is 1. The molecule has 220 valence electrons. The van der Waals surface area contributed by atoms with Crippen molar-refractivity contribution >= 4 is 56.3 Å². The quantitative estimate of drug-likeness (QED) is 0.134. The van der Waals surface area contributed by atoms with Crippen molar-refractivity contribution in [3.63, 3.8) is 0 Å². The molecule has 3 aromatic heterocycles. The summed E-state index contributed by atoms with van der Waals surface area (Å²) in [6, 6.07) is 13.9. The van der Waals surface area contributed by atoms with Gasteiger partial charge in [-0.05, 0) is 42.3 Å². The zero-order valence-electron chi connectivity index (χ0n) is 21.8. The van der Waals surface area contributed by atoms with Gasteiger partial charge in [0.1, 0.15) is 33.5 Å². The van der Waals surface area contributed by atoms with Gasteiger partial charge < -0.3 is 20.2 Å². The van der Waals surface area contributed by atoms with Crippen molar-refractivity contribution in [3.05, 3.63) is 103 Å². The van der Waals surface area contributed by atoms with Crippen LogP contribution >= 0.6 is 22.9 Å². The lowest BCUT2D eigenvalue weighted by molar-refractivity contribution is -0.384. The SMILES string of the molecule is Cc1ccc(-c2cc(C(F)(F)F)nc3sc(C(N)=O)c(NC(=O)c4ccc(COc5ccc([N+](=O)[O-])cc5Cl)o4)c23)cc1. The minimum Gasteiger partial charge on any atom is -0.484 e. The molecule has 3 heterocycles. The molecule has 10 nitrogen and oxygen atoms in total. The number of nitro benzene ring substituents is 1. The van der Waals surface area contributed by atoms with E-state index in [0.29, 0.717) is 16.9 Å². The van der Waals surface area contributed by atoms with Crippen LogP contribution in [0.1, 0.15) is 37.2 Å². The monoisotopic (exact) mass is 630 g/mol. The highest BCUT2D eigenvalue weighted by Crippen LogP contribution is 2.44. The number of fused-ring (bicyclic) bond motifs is 1. The van der Waals surface area contributed by atoms with Crippen LogP contribution in [0.3, 0.4) is 0 Å². The molecule has 2 aromatic carbocycles. The van der Waals surface area contributed by atoms with Crippen LogP contribution in [0.5, 0.6) is 5.75 Å². The number of aryl methyl sites for hydroxylation is 1. The van der Waals surface area contributed by atoms with E-state index in [9.17, 15) is 32.9 Å². The van der Waals surface area contributed by atoms with Crippen molar-refractivity contribution in [1.82, 2.24) is 4.98 Å². The third-order valence-electron chi connectivity index (χ3n) is 6.16. The lowest BCUT2D eigenvalue weighted by atomic mass is 10.00. The smallest absolute Gasteiger partial charge is 0.433 e. The summed E-state index contributed by atoms with van der Waals surface area (Å²) in [6.45, 7) is 1.62. The van der Waals surface area contributed by atoms with Crippen molar-refractivity contribution in [1.29, 1.82) is 0 Å². The van der Waals surface area contributed by atoms with Gasteiger partial charge in [0.15, 0.2) is 5.76 Å². The summed E-state index contributed by atoms with van der Waals surface area (Å²) in [7, 11) is 0. The van der Waals surface area contributed by atoms with Gasteiger partial charge >= 0.3 is 6.18 Å². The summed E-state index contributed by atoms with van der Waals surface area (Å²) >= 11 is 6.65. The summed E-state index contributed by atoms with van der Waals surface area (Å²) in [5, 5.41) is 13.5. The Hall–Kier alpha value is -4.95. The highest BCUT2D eigenvalue weighted by atomic mass is 35.5. The van der Waals surface area contributed by atoms with Crippen LogP contribution in [0, 0.1) is 17.0 Å². The number of primary amides is 1. The molecule has 5 rings (SSSR count). The first kappa shape index (κ1) is 29.5. The molecular formula is C28H18ClF3N4O6S. The molecule has 0 atom stereocenters. The zero-order valence-corrected chi connectivity index (χ0v) is 23.4. The number of pyridine rings is 1. The average molecular weight is 631 g/mol. The van der Waals surface area contributed by atoms with Crippen molar-refractivity contribution in [2.45, 2.75) is 19.7 Å². The topological polar surface area (TPSA) is 151 Å². The van der Waals surface area contributed by atoms with E-state index in [2.05, 4.69) is 10.3 Å². The first-order valence-corrected chi connectivity index (χ1v) is 13.4. The van der Waals surface area contributed by atoms with Crippen LogP contribution < -0.4 is 15.8 Å². The number of aromatic nitrogens is 1. The van der Waals surface area contributed by atoms with Crippen LogP contribution in [0.2, 0.25) is 5.02 Å². The molecule has 0 aliphatic rings. The molecule has 15 heteroatoms. The molecule has 0 spiro atoms. The maximum Gasteiger partial charge on any atom is 0.433 e. The van der Waals surface area contributed by atoms with Gasteiger partial charge in [-0.1, -0.05) is 41.4 Å². The number of carbonyl (C=O) groups excluding carboxylic acids is 2. The summed E-state index contributed by atoms with van der Waals surface area (Å²) in [5.74, 6) is -1.69. The lowest BCUT2D eigenvalue weighted by Crippen LogP contribution is -2.16. The van der Waals surface area contributed by atoms with Gasteiger partial charge in [0, 0.05) is 17.5 Å². The second kappa shape index (κ2) is 11.4. The Balaban J connectivity index is 1.48. The van der Waals surface area contributed by atoms with E-state index in [4.69, 9.17) is 26.5 Å². The number of hydrogen-bond donors (Lipinski definition) is 2. The summed E-state index contributed by atoms with van der Waals surface area (Å²) in [6.07, 6.45) is -4.78. The van der Waals surface area contributed by atoms with Crippen LogP contribution in [-0.2, 0) is 12.8 Å². The molecule has 0 aliphatic heterocycles. The minimum absolute atomic E-state index is 0.00582. The average Bonchev–Trinajstić information content (AvgIpc) is 3.57. The van der Waals surface area contributed by atoms with Gasteiger partial charge in [-0.25, -0.2) is 4.98 Å². The Morgan fingerprint density at radius 1 is 1.14 bits per heavy atom. The predicted molar refractivity (Wildman–Crippen MR) is 152 cm³/mol. The Labute approximate surface area is 249 Å². The van der Waals surface area contributed by atoms with Gasteiger partial charge in [0.05, 0.1) is 15.6 Å². The number of nitrogens with one attached hydrogen (secondary N) is 1. The third kappa shape index (κ3) is 6.15. The Morgan fingerprint density at radius 2 is 1.86 bits per heavy atom. The fraction of sp³-hybridized carbons (Fsp3) is 0.107. The van der Waals surface area contributed by atoms with Crippen molar-refractivity contribution in [3.8, 4) is 16.9 Å². The largest absolute Gasteiger partial charge is 0.484 e. The van der Waals surface area contributed by atoms with E-state index in [1.54, 1.807) is 24.3 Å². The molecule has 0 saturated heterocycles. The molecule has 0 unspecified atom stereocenters. The molecule has 3 N–H and O–H groups in total. The molecule has 0 bridgehead atoms. The van der Waals surface area contributed by atoms with Gasteiger partial charge in [-0.15, -0.1) is 11.3 Å². The van der Waals surface area contributed by atoms with E-state index < -0.39 is 28.6 Å². The van der Waals surface area contributed by atoms with Crippen LogP contribution in [-0.4, -0.2) is 21.7 Å². The molecule has 43 heavy (non-hydrogen) atoms. The summed E-state index contributed by atoms with van der Waals surface area (Å²) < 4.78 is 52.3. The number of rotatable bonds is 8. The van der Waals surface area contributed by atoms with Crippen molar-refractivity contribution in [2.24, 2.45) is 5.73 Å². The van der Waals surface area contributed by atoms with Crippen LogP contribution in [0.4, 0.5) is 24.5 Å². The van der Waals surface area contributed by atoms with Crippen LogP contribution in [0.25, 0.3) is 21.3 Å². The maximum atomic E-state index is 13.7. The molecule has 0 aliphatic carbocycles.